The summed E-state index contributed by atoms with van der Waals surface area (Å²) in [5.74, 6) is -0.356. The van der Waals surface area contributed by atoms with Crippen LogP contribution in [-0.4, -0.2) is 18.7 Å². The van der Waals surface area contributed by atoms with Crippen LogP contribution in [0.1, 0.15) is 18.4 Å². The van der Waals surface area contributed by atoms with Crippen LogP contribution in [0.2, 0.25) is 0 Å². The second kappa shape index (κ2) is 6.22. The molecular weight excluding hydrogens is 324 g/mol. The maximum absolute atomic E-state index is 12.9. The third-order valence-electron chi connectivity index (χ3n) is 4.14. The number of esters is 1. The molecule has 1 saturated heterocycles. The topological polar surface area (TPSA) is 78.9 Å². The van der Waals surface area contributed by atoms with Crippen molar-refractivity contribution in [3.8, 4) is 17.3 Å². The molecule has 2 aromatic heterocycles. The lowest BCUT2D eigenvalue weighted by atomic mass is 10.1. The molecule has 0 saturated carbocycles. The molecule has 6 nitrogen and oxygen atoms in total. The number of furan rings is 1. The van der Waals surface area contributed by atoms with E-state index in [-0.39, 0.29) is 11.5 Å². The molecule has 1 aromatic carbocycles. The highest BCUT2D eigenvalue weighted by Gasteiger charge is 2.29. The molecule has 3 aromatic rings. The molecule has 1 fully saturated rings. The van der Waals surface area contributed by atoms with E-state index in [0.717, 1.165) is 12.0 Å². The van der Waals surface area contributed by atoms with Gasteiger partial charge in [0.2, 0.25) is 16.9 Å². The first-order valence-electron chi connectivity index (χ1n) is 8.08. The van der Waals surface area contributed by atoms with E-state index in [1.54, 1.807) is 24.3 Å². The normalized spacial score (nSPS) is 17.1. The fraction of sp³-hybridized carbons (Fsp3) is 0.263. The number of fused-ring (bicyclic) bond motifs is 1. The molecule has 0 spiro atoms. The summed E-state index contributed by atoms with van der Waals surface area (Å²) >= 11 is 0. The summed E-state index contributed by atoms with van der Waals surface area (Å²) in [6.45, 7) is 2.38. The first-order valence-corrected chi connectivity index (χ1v) is 8.08. The fourth-order valence-electron chi connectivity index (χ4n) is 2.88. The van der Waals surface area contributed by atoms with Gasteiger partial charge in [0.1, 0.15) is 5.58 Å². The molecule has 1 aliphatic heterocycles. The van der Waals surface area contributed by atoms with Gasteiger partial charge in [0.05, 0.1) is 11.6 Å². The highest BCUT2D eigenvalue weighted by atomic mass is 16.6. The van der Waals surface area contributed by atoms with Gasteiger partial charge in [0.25, 0.3) is 0 Å². The highest BCUT2D eigenvalue weighted by molar-refractivity contribution is 5.85. The Hall–Kier alpha value is -2.86. The monoisotopic (exact) mass is 340 g/mol. The van der Waals surface area contributed by atoms with Crippen LogP contribution < -0.4 is 10.2 Å². The first kappa shape index (κ1) is 15.7. The van der Waals surface area contributed by atoms with E-state index in [0.29, 0.717) is 29.8 Å². The second-order valence-corrected chi connectivity index (χ2v) is 5.99. The largest absolute Gasteiger partial charge is 0.461 e. The summed E-state index contributed by atoms with van der Waals surface area (Å²) in [6.07, 6.45) is 2.17. The zero-order chi connectivity index (χ0) is 17.4. The zero-order valence-corrected chi connectivity index (χ0v) is 13.6. The molecule has 0 amide bonds. The summed E-state index contributed by atoms with van der Waals surface area (Å²) in [5.41, 5.74) is 0.892. The van der Waals surface area contributed by atoms with Gasteiger partial charge in [-0.15, -0.1) is 0 Å². The van der Waals surface area contributed by atoms with Gasteiger partial charge in [0.15, 0.2) is 11.9 Å². The lowest BCUT2D eigenvalue weighted by Crippen LogP contribution is -2.27. The summed E-state index contributed by atoms with van der Waals surface area (Å²) in [4.78, 5) is 25.3. The minimum Gasteiger partial charge on any atom is -0.461 e. The van der Waals surface area contributed by atoms with Crippen molar-refractivity contribution in [1.82, 2.24) is 0 Å². The Balaban J connectivity index is 1.87. The molecule has 4 rings (SSSR count). The Morgan fingerprint density at radius 1 is 1.28 bits per heavy atom. The average Bonchev–Trinajstić information content (AvgIpc) is 3.31. The number of carbonyl (C=O) groups excluding carboxylic acids is 1. The predicted molar refractivity (Wildman–Crippen MR) is 89.5 cm³/mol. The van der Waals surface area contributed by atoms with Gasteiger partial charge in [0, 0.05) is 6.61 Å². The molecule has 0 bridgehead atoms. The van der Waals surface area contributed by atoms with Crippen molar-refractivity contribution in [3.05, 3.63) is 52.4 Å². The number of carbonyl (C=O) groups is 1. The Morgan fingerprint density at radius 2 is 2.16 bits per heavy atom. The van der Waals surface area contributed by atoms with Crippen LogP contribution in [0.25, 0.3) is 22.5 Å². The van der Waals surface area contributed by atoms with Crippen LogP contribution in [0.4, 0.5) is 0 Å². The van der Waals surface area contributed by atoms with Gasteiger partial charge < -0.3 is 18.3 Å². The van der Waals surface area contributed by atoms with Crippen molar-refractivity contribution in [2.75, 3.05) is 6.61 Å². The van der Waals surface area contributed by atoms with Crippen LogP contribution in [0.3, 0.4) is 0 Å². The highest BCUT2D eigenvalue weighted by Crippen LogP contribution is 2.32. The lowest BCUT2D eigenvalue weighted by Gasteiger charge is -2.12. The maximum Gasteiger partial charge on any atom is 0.340 e. The molecule has 0 aliphatic carbocycles. The standard InChI is InChI=1S/C19H16O6/c1-11-6-7-13-12(10-11)16(20)18(17(24-13)14-4-2-8-22-14)25-19(21)15-5-3-9-23-15/h2,4,6-8,10,15H,3,5,9H2,1H3/t15-/m1/s1. The SMILES string of the molecule is Cc1ccc2oc(-c3ccco3)c(OC(=O)[C@H]3CCCO3)c(=O)c2c1. The molecule has 0 N–H and O–H groups in total. The molecule has 0 unspecified atom stereocenters. The molecule has 128 valence electrons. The van der Waals surface area contributed by atoms with E-state index in [2.05, 4.69) is 0 Å². The summed E-state index contributed by atoms with van der Waals surface area (Å²) < 4.78 is 21.9. The van der Waals surface area contributed by atoms with E-state index in [1.807, 2.05) is 13.0 Å². The summed E-state index contributed by atoms with van der Waals surface area (Å²) in [6, 6.07) is 8.57. The smallest absolute Gasteiger partial charge is 0.340 e. The van der Waals surface area contributed by atoms with Gasteiger partial charge in [-0.1, -0.05) is 11.6 Å². The Labute approximate surface area is 143 Å². The fourth-order valence-corrected chi connectivity index (χ4v) is 2.88. The molecule has 1 aliphatic rings. The Kier molecular flexibility index (Phi) is 3.89. The molecule has 1 atom stereocenters. The van der Waals surface area contributed by atoms with Crippen LogP contribution in [-0.2, 0) is 9.53 Å². The Bertz CT molecular complexity index is 977. The minimum atomic E-state index is -0.656. The van der Waals surface area contributed by atoms with Crippen molar-refractivity contribution in [3.63, 3.8) is 0 Å². The molecule has 0 radical (unpaired) electrons. The van der Waals surface area contributed by atoms with Crippen LogP contribution in [0.15, 0.2) is 50.2 Å². The van der Waals surface area contributed by atoms with Gasteiger partial charge in [-0.3, -0.25) is 4.79 Å². The van der Waals surface area contributed by atoms with E-state index in [1.165, 1.54) is 6.26 Å². The van der Waals surface area contributed by atoms with Crippen LogP contribution in [0, 0.1) is 6.92 Å². The van der Waals surface area contributed by atoms with E-state index in [4.69, 9.17) is 18.3 Å². The van der Waals surface area contributed by atoms with Gasteiger partial charge in [-0.2, -0.15) is 0 Å². The van der Waals surface area contributed by atoms with Crippen molar-refractivity contribution >= 4 is 16.9 Å². The average molecular weight is 340 g/mol. The van der Waals surface area contributed by atoms with Crippen molar-refractivity contribution in [1.29, 1.82) is 0 Å². The van der Waals surface area contributed by atoms with Gasteiger partial charge in [-0.05, 0) is 44.0 Å². The van der Waals surface area contributed by atoms with Crippen molar-refractivity contribution in [2.45, 2.75) is 25.9 Å². The van der Waals surface area contributed by atoms with Crippen LogP contribution in [0.5, 0.6) is 5.75 Å². The van der Waals surface area contributed by atoms with E-state index in [9.17, 15) is 9.59 Å². The van der Waals surface area contributed by atoms with Gasteiger partial charge >= 0.3 is 5.97 Å². The summed E-state index contributed by atoms with van der Waals surface area (Å²) in [5, 5.41) is 0.352. The Morgan fingerprint density at radius 3 is 2.88 bits per heavy atom. The number of hydrogen-bond acceptors (Lipinski definition) is 6. The second-order valence-electron chi connectivity index (χ2n) is 5.99. The number of ether oxygens (including phenoxy) is 2. The molecule has 3 heterocycles. The number of rotatable bonds is 3. The number of benzene rings is 1. The molecular formula is C19H16O6. The zero-order valence-electron chi connectivity index (χ0n) is 13.6. The summed E-state index contributed by atoms with van der Waals surface area (Å²) in [7, 11) is 0. The van der Waals surface area contributed by atoms with E-state index < -0.39 is 17.5 Å². The van der Waals surface area contributed by atoms with Gasteiger partial charge in [-0.25, -0.2) is 4.79 Å². The quantitative estimate of drug-likeness (QED) is 0.680. The number of hydrogen-bond donors (Lipinski definition) is 0. The number of aryl methyl sites for hydroxylation is 1. The predicted octanol–water partition coefficient (Wildman–Crippen LogP) is 3.45. The first-order chi connectivity index (χ1) is 12.1. The lowest BCUT2D eigenvalue weighted by molar-refractivity contribution is -0.144. The minimum absolute atomic E-state index is 0.0951. The van der Waals surface area contributed by atoms with Crippen LogP contribution >= 0.6 is 0 Å². The molecule has 6 heteroatoms. The van der Waals surface area contributed by atoms with E-state index >= 15 is 0 Å². The molecule has 25 heavy (non-hydrogen) atoms. The third-order valence-corrected chi connectivity index (χ3v) is 4.14. The maximum atomic E-state index is 12.9. The van der Waals surface area contributed by atoms with Crippen molar-refractivity contribution < 1.29 is 23.1 Å². The third kappa shape index (κ3) is 2.85. The van der Waals surface area contributed by atoms with Crippen molar-refractivity contribution in [2.24, 2.45) is 0 Å².